The quantitative estimate of drug-likeness (QED) is 0.190. The van der Waals surface area contributed by atoms with Gasteiger partial charge in [0.15, 0.2) is 5.96 Å². The lowest BCUT2D eigenvalue weighted by Crippen LogP contribution is -2.43. The summed E-state index contributed by atoms with van der Waals surface area (Å²) in [7, 11) is -1.17. The smallest absolute Gasteiger partial charge is 0.211 e. The van der Waals surface area contributed by atoms with Gasteiger partial charge in [-0.05, 0) is 53.0 Å². The van der Waals surface area contributed by atoms with E-state index >= 15 is 0 Å². The van der Waals surface area contributed by atoms with E-state index in [1.165, 1.54) is 11.3 Å². The van der Waals surface area contributed by atoms with Gasteiger partial charge in [0, 0.05) is 38.4 Å². The van der Waals surface area contributed by atoms with Gasteiger partial charge in [-0.3, -0.25) is 9.67 Å². The number of halogens is 1. The highest BCUT2D eigenvalue weighted by atomic mass is 127. The number of guanidine groups is 1. The minimum Gasteiger partial charge on any atom is -0.357 e. The molecule has 0 aliphatic rings. The van der Waals surface area contributed by atoms with Gasteiger partial charge in [-0.25, -0.2) is 13.1 Å². The number of rotatable bonds is 10. The first-order chi connectivity index (χ1) is 12.2. The zero-order valence-corrected chi connectivity index (χ0v) is 20.4. The van der Waals surface area contributed by atoms with Gasteiger partial charge in [0.05, 0.1) is 11.4 Å². The standard InChI is InChI=1S/C17H34N6O2S.HI/c1-7-18-17(19-10-9-11-20-26(24,25)8-2)21-13(3)12-16-14(4)22-23(6)15(16)5;/h13,20H,7-12H2,1-6H3,(H2,18,19,21);1H. The molecule has 3 N–H and O–H groups in total. The van der Waals surface area contributed by atoms with Crippen LogP contribution in [-0.4, -0.2) is 55.6 Å². The van der Waals surface area contributed by atoms with E-state index in [0.717, 1.165) is 24.6 Å². The zero-order chi connectivity index (χ0) is 19.7. The van der Waals surface area contributed by atoms with E-state index in [4.69, 9.17) is 0 Å². The van der Waals surface area contributed by atoms with Crippen molar-refractivity contribution >= 4 is 40.0 Å². The number of nitrogens with zero attached hydrogens (tertiary/aromatic N) is 3. The van der Waals surface area contributed by atoms with Crippen LogP contribution in [0.3, 0.4) is 0 Å². The molecular formula is C17H35IN6O2S. The van der Waals surface area contributed by atoms with E-state index in [-0.39, 0.29) is 35.8 Å². The van der Waals surface area contributed by atoms with Gasteiger partial charge < -0.3 is 10.6 Å². The van der Waals surface area contributed by atoms with Crippen LogP contribution >= 0.6 is 24.0 Å². The summed E-state index contributed by atoms with van der Waals surface area (Å²) in [5, 5.41) is 11.1. The predicted molar refractivity (Wildman–Crippen MR) is 122 cm³/mol. The van der Waals surface area contributed by atoms with Crippen molar-refractivity contribution in [3.8, 4) is 0 Å². The van der Waals surface area contributed by atoms with E-state index in [2.05, 4.69) is 39.3 Å². The first-order valence-electron chi connectivity index (χ1n) is 9.21. The Morgan fingerprint density at radius 2 is 1.96 bits per heavy atom. The molecule has 0 bridgehead atoms. The fourth-order valence-corrected chi connectivity index (χ4v) is 3.28. The summed E-state index contributed by atoms with van der Waals surface area (Å²) in [6.07, 6.45) is 1.53. The predicted octanol–water partition coefficient (Wildman–Crippen LogP) is 1.47. The van der Waals surface area contributed by atoms with E-state index < -0.39 is 10.0 Å². The lowest BCUT2D eigenvalue weighted by atomic mass is 10.1. The Bertz CT molecular complexity index is 703. The van der Waals surface area contributed by atoms with Crippen LogP contribution in [0.15, 0.2) is 4.99 Å². The van der Waals surface area contributed by atoms with E-state index in [9.17, 15) is 8.42 Å². The average Bonchev–Trinajstić information content (AvgIpc) is 2.81. The zero-order valence-electron chi connectivity index (χ0n) is 17.3. The van der Waals surface area contributed by atoms with Crippen molar-refractivity contribution < 1.29 is 8.42 Å². The molecule has 0 aliphatic heterocycles. The van der Waals surface area contributed by atoms with Gasteiger partial charge in [-0.2, -0.15) is 5.10 Å². The molecular weight excluding hydrogens is 479 g/mol. The molecule has 1 aromatic heterocycles. The Kier molecular flexibility index (Phi) is 12.1. The third kappa shape index (κ3) is 9.24. The first kappa shape index (κ1) is 26.1. The number of aliphatic imine (C=N–C) groups is 1. The van der Waals surface area contributed by atoms with Gasteiger partial charge in [-0.1, -0.05) is 0 Å². The molecule has 0 aromatic carbocycles. The molecule has 8 nitrogen and oxygen atoms in total. The summed E-state index contributed by atoms with van der Waals surface area (Å²) >= 11 is 0. The highest BCUT2D eigenvalue weighted by Gasteiger charge is 2.14. The molecule has 1 atom stereocenters. The Hall–Kier alpha value is -0.880. The molecule has 0 saturated heterocycles. The lowest BCUT2D eigenvalue weighted by Gasteiger charge is -2.18. The topological polar surface area (TPSA) is 100 Å². The minimum atomic E-state index is -3.13. The average molecular weight is 514 g/mol. The number of sulfonamides is 1. The van der Waals surface area contributed by atoms with Crippen molar-refractivity contribution in [1.82, 2.24) is 25.1 Å². The highest BCUT2D eigenvalue weighted by Crippen LogP contribution is 2.14. The second kappa shape index (κ2) is 12.6. The Labute approximate surface area is 181 Å². The van der Waals surface area contributed by atoms with Crippen LogP contribution < -0.4 is 15.4 Å². The maximum Gasteiger partial charge on any atom is 0.211 e. The highest BCUT2D eigenvalue weighted by molar-refractivity contribution is 14.0. The Morgan fingerprint density at radius 3 is 2.48 bits per heavy atom. The van der Waals surface area contributed by atoms with E-state index in [1.807, 2.05) is 25.6 Å². The van der Waals surface area contributed by atoms with Crippen molar-refractivity contribution in [1.29, 1.82) is 0 Å². The SMILES string of the molecule is CCNC(=NCCCNS(=O)(=O)CC)NC(C)Cc1c(C)nn(C)c1C.I. The fraction of sp³-hybridized carbons (Fsp3) is 0.765. The van der Waals surface area contributed by atoms with Crippen LogP contribution in [0.1, 0.15) is 44.1 Å². The number of aromatic nitrogens is 2. The molecule has 1 aromatic rings. The molecule has 158 valence electrons. The summed E-state index contributed by atoms with van der Waals surface area (Å²) < 4.78 is 27.3. The molecule has 1 unspecified atom stereocenters. The molecule has 0 saturated carbocycles. The van der Waals surface area contributed by atoms with Crippen LogP contribution in [0.4, 0.5) is 0 Å². The monoisotopic (exact) mass is 514 g/mol. The van der Waals surface area contributed by atoms with Gasteiger partial charge in [0.2, 0.25) is 10.0 Å². The third-order valence-electron chi connectivity index (χ3n) is 4.20. The van der Waals surface area contributed by atoms with Crippen LogP contribution in [0.5, 0.6) is 0 Å². The molecule has 1 rings (SSSR count). The fourth-order valence-electron chi connectivity index (χ4n) is 2.62. The van der Waals surface area contributed by atoms with Crippen molar-refractivity contribution in [2.45, 2.75) is 53.5 Å². The molecule has 0 amide bonds. The van der Waals surface area contributed by atoms with Gasteiger partial charge in [-0.15, -0.1) is 24.0 Å². The van der Waals surface area contributed by atoms with Crippen molar-refractivity contribution in [2.24, 2.45) is 12.0 Å². The third-order valence-corrected chi connectivity index (χ3v) is 5.61. The van der Waals surface area contributed by atoms with Crippen molar-refractivity contribution in [2.75, 3.05) is 25.4 Å². The summed E-state index contributed by atoms with van der Waals surface area (Å²) in [6.45, 7) is 11.6. The maximum absolute atomic E-state index is 11.4. The molecule has 0 spiro atoms. The van der Waals surface area contributed by atoms with E-state index in [0.29, 0.717) is 19.5 Å². The molecule has 0 aliphatic carbocycles. The number of hydrogen-bond donors (Lipinski definition) is 3. The largest absolute Gasteiger partial charge is 0.357 e. The van der Waals surface area contributed by atoms with Gasteiger partial charge >= 0.3 is 0 Å². The molecule has 10 heteroatoms. The van der Waals surface area contributed by atoms with Crippen molar-refractivity contribution in [3.05, 3.63) is 17.0 Å². The second-order valence-corrected chi connectivity index (χ2v) is 8.53. The normalized spacial score (nSPS) is 13.2. The van der Waals surface area contributed by atoms with E-state index in [1.54, 1.807) is 6.92 Å². The first-order valence-corrected chi connectivity index (χ1v) is 10.9. The van der Waals surface area contributed by atoms with Gasteiger partial charge in [0.25, 0.3) is 0 Å². The van der Waals surface area contributed by atoms with Gasteiger partial charge in [0.1, 0.15) is 0 Å². The number of nitrogens with one attached hydrogen (secondary N) is 3. The van der Waals surface area contributed by atoms with Crippen LogP contribution in [0.2, 0.25) is 0 Å². The minimum absolute atomic E-state index is 0. The van der Waals surface area contributed by atoms with Crippen LogP contribution in [0.25, 0.3) is 0 Å². The van der Waals surface area contributed by atoms with Crippen LogP contribution in [0, 0.1) is 13.8 Å². The molecule has 0 fully saturated rings. The summed E-state index contributed by atoms with van der Waals surface area (Å²) in [5.74, 6) is 0.850. The number of aryl methyl sites for hydroxylation is 2. The molecule has 27 heavy (non-hydrogen) atoms. The lowest BCUT2D eigenvalue weighted by molar-refractivity contribution is 0.580. The maximum atomic E-state index is 11.4. The molecule has 0 radical (unpaired) electrons. The summed E-state index contributed by atoms with van der Waals surface area (Å²) in [5.41, 5.74) is 3.50. The number of hydrogen-bond acceptors (Lipinski definition) is 4. The Morgan fingerprint density at radius 1 is 1.30 bits per heavy atom. The van der Waals surface area contributed by atoms with Crippen LogP contribution in [-0.2, 0) is 23.5 Å². The summed E-state index contributed by atoms with van der Waals surface area (Å²) in [4.78, 5) is 4.53. The summed E-state index contributed by atoms with van der Waals surface area (Å²) in [6, 6.07) is 0.202. The second-order valence-electron chi connectivity index (χ2n) is 6.43. The van der Waals surface area contributed by atoms with Crippen molar-refractivity contribution in [3.63, 3.8) is 0 Å². The molecule has 1 heterocycles. The Balaban J connectivity index is 0.00000676.